The van der Waals surface area contributed by atoms with Crippen LogP contribution in [0, 0.1) is 0 Å². The highest BCUT2D eigenvalue weighted by Crippen LogP contribution is 2.29. The summed E-state index contributed by atoms with van der Waals surface area (Å²) in [6.07, 6.45) is 1.11. The number of hydrogen-bond acceptors (Lipinski definition) is 2. The zero-order valence-corrected chi connectivity index (χ0v) is 15.4. The Morgan fingerprint density at radius 3 is 2.59 bits per heavy atom. The largest absolute Gasteiger partial charge is 0.369 e. The van der Waals surface area contributed by atoms with Crippen LogP contribution in [0.25, 0.3) is 0 Å². The van der Waals surface area contributed by atoms with Gasteiger partial charge in [-0.2, -0.15) is 4.99 Å². The maximum absolute atomic E-state index is 6.23. The van der Waals surface area contributed by atoms with Gasteiger partial charge in [-0.1, -0.05) is 18.5 Å². The molecule has 22 heavy (non-hydrogen) atoms. The van der Waals surface area contributed by atoms with Crippen molar-refractivity contribution in [2.24, 2.45) is 21.5 Å². The quantitative estimate of drug-likeness (QED) is 0.422. The molecule has 5 nitrogen and oxygen atoms in total. The maximum atomic E-state index is 6.23. The summed E-state index contributed by atoms with van der Waals surface area (Å²) >= 11 is 7.96. The average molecular weight is 364 g/mol. The molecule has 0 aliphatic carbocycles. The zero-order valence-electron chi connectivity index (χ0n) is 13.0. The third-order valence-electron chi connectivity index (χ3n) is 2.29. The number of nitrogens with two attached hydrogens (primary N) is 2. The molecule has 0 bridgehead atoms. The van der Waals surface area contributed by atoms with Gasteiger partial charge in [0, 0.05) is 16.6 Å². The van der Waals surface area contributed by atoms with Crippen molar-refractivity contribution >= 4 is 53.4 Å². The Balaban J connectivity index is 0.00000441. The third kappa shape index (κ3) is 7.77. The molecule has 1 aromatic rings. The van der Waals surface area contributed by atoms with E-state index < -0.39 is 0 Å². The highest BCUT2D eigenvalue weighted by Gasteiger charge is 2.03. The molecule has 0 unspecified atom stereocenters. The molecule has 1 rings (SSSR count). The van der Waals surface area contributed by atoms with Crippen molar-refractivity contribution in [3.05, 3.63) is 23.2 Å². The summed E-state index contributed by atoms with van der Waals surface area (Å²) in [6.45, 7) is 5.97. The Morgan fingerprint density at radius 1 is 1.36 bits per heavy atom. The van der Waals surface area contributed by atoms with Crippen molar-refractivity contribution in [2.75, 3.05) is 11.1 Å². The van der Waals surface area contributed by atoms with Crippen molar-refractivity contribution in [1.29, 1.82) is 0 Å². The van der Waals surface area contributed by atoms with Crippen LogP contribution >= 0.6 is 35.8 Å². The maximum Gasteiger partial charge on any atom is 0.218 e. The monoisotopic (exact) mass is 363 g/mol. The molecule has 0 saturated heterocycles. The predicted molar refractivity (Wildman–Crippen MR) is 102 cm³/mol. The molecule has 0 heterocycles. The second kappa shape index (κ2) is 10.6. The minimum atomic E-state index is 0. The summed E-state index contributed by atoms with van der Waals surface area (Å²) in [5.41, 5.74) is 12.2. The Bertz CT molecular complexity index is 532. The van der Waals surface area contributed by atoms with Crippen molar-refractivity contribution < 1.29 is 0 Å². The fourth-order valence-corrected chi connectivity index (χ4v) is 2.63. The van der Waals surface area contributed by atoms with Crippen LogP contribution in [0.3, 0.4) is 0 Å². The minimum absolute atomic E-state index is 0. The summed E-state index contributed by atoms with van der Waals surface area (Å²) in [6, 6.07) is 5.76. The second-order valence-corrected chi connectivity index (χ2v) is 6.24. The van der Waals surface area contributed by atoms with E-state index in [9.17, 15) is 0 Å². The van der Waals surface area contributed by atoms with Gasteiger partial charge >= 0.3 is 0 Å². The second-order valence-electron chi connectivity index (χ2n) is 4.70. The number of nitrogens with zero attached hydrogens (tertiary/aromatic N) is 2. The van der Waals surface area contributed by atoms with Crippen LogP contribution < -0.4 is 16.8 Å². The van der Waals surface area contributed by atoms with Crippen molar-refractivity contribution in [1.82, 2.24) is 0 Å². The van der Waals surface area contributed by atoms with E-state index in [1.54, 1.807) is 11.8 Å². The molecule has 0 spiro atoms. The highest BCUT2D eigenvalue weighted by molar-refractivity contribution is 7.99. The van der Waals surface area contributed by atoms with Crippen molar-refractivity contribution in [3.63, 3.8) is 0 Å². The molecule has 0 fully saturated rings. The number of rotatable bonds is 5. The molecule has 0 saturated carbocycles. The number of benzene rings is 1. The van der Waals surface area contributed by atoms with Crippen LogP contribution in [-0.2, 0) is 0 Å². The summed E-state index contributed by atoms with van der Waals surface area (Å²) in [5, 5.41) is 3.63. The Morgan fingerprint density at radius 2 is 2.05 bits per heavy atom. The molecule has 0 atom stereocenters. The van der Waals surface area contributed by atoms with E-state index in [1.807, 2.05) is 32.0 Å². The van der Waals surface area contributed by atoms with E-state index in [4.69, 9.17) is 23.1 Å². The van der Waals surface area contributed by atoms with Gasteiger partial charge in [-0.25, -0.2) is 4.99 Å². The SMILES string of the molecule is CCCSc1ccc(N/C(N)=N/C(N)=NC(C)C)cc1Cl.Cl. The standard InChI is InChI=1S/C14H22ClN5S.ClH/c1-4-7-21-12-6-5-10(8-11(12)15)19-14(17)20-13(16)18-9(2)3;/h5-6,8-9H,4,7H2,1-3H3,(H5,16,17,18,19,20);1H. The highest BCUT2D eigenvalue weighted by atomic mass is 35.5. The van der Waals surface area contributed by atoms with Gasteiger partial charge in [-0.3, -0.25) is 0 Å². The van der Waals surface area contributed by atoms with Gasteiger partial charge in [0.15, 0.2) is 0 Å². The van der Waals surface area contributed by atoms with E-state index >= 15 is 0 Å². The van der Waals surface area contributed by atoms with Crippen LogP contribution in [0.4, 0.5) is 5.69 Å². The number of guanidine groups is 2. The van der Waals surface area contributed by atoms with Crippen LogP contribution in [0.15, 0.2) is 33.1 Å². The average Bonchev–Trinajstić information content (AvgIpc) is 2.36. The molecule has 0 aromatic heterocycles. The Kier molecular flexibility index (Phi) is 10.1. The van der Waals surface area contributed by atoms with Gasteiger partial charge in [0.1, 0.15) is 0 Å². The number of nitrogens with one attached hydrogen (secondary N) is 1. The fraction of sp³-hybridized carbons (Fsp3) is 0.429. The van der Waals surface area contributed by atoms with Crippen molar-refractivity contribution in [2.45, 2.75) is 38.1 Å². The van der Waals surface area contributed by atoms with E-state index in [2.05, 4.69) is 22.2 Å². The number of thioether (sulfide) groups is 1. The minimum Gasteiger partial charge on any atom is -0.369 e. The Labute approximate surface area is 147 Å². The number of aliphatic imine (C=N–C) groups is 2. The summed E-state index contributed by atoms with van der Waals surface area (Å²) in [4.78, 5) is 9.11. The molecule has 124 valence electrons. The van der Waals surface area contributed by atoms with E-state index in [1.165, 1.54) is 0 Å². The van der Waals surface area contributed by atoms with Gasteiger partial charge in [0.2, 0.25) is 11.9 Å². The molecule has 0 amide bonds. The van der Waals surface area contributed by atoms with E-state index in [-0.39, 0.29) is 30.4 Å². The lowest BCUT2D eigenvalue weighted by atomic mass is 10.3. The van der Waals surface area contributed by atoms with Crippen LogP contribution in [0.1, 0.15) is 27.2 Å². The van der Waals surface area contributed by atoms with Gasteiger partial charge in [-0.15, -0.1) is 24.2 Å². The topological polar surface area (TPSA) is 88.8 Å². The first-order valence-electron chi connectivity index (χ1n) is 6.79. The van der Waals surface area contributed by atoms with Gasteiger partial charge < -0.3 is 16.8 Å². The van der Waals surface area contributed by atoms with E-state index in [0.717, 1.165) is 22.8 Å². The summed E-state index contributed by atoms with van der Waals surface area (Å²) in [7, 11) is 0. The molecular weight excluding hydrogens is 341 g/mol. The van der Waals surface area contributed by atoms with Crippen LogP contribution in [0.2, 0.25) is 5.02 Å². The molecule has 8 heteroatoms. The normalized spacial score (nSPS) is 12.2. The predicted octanol–water partition coefficient (Wildman–Crippen LogP) is 3.71. The summed E-state index contributed by atoms with van der Waals surface area (Å²) in [5.74, 6) is 1.37. The lowest BCUT2D eigenvalue weighted by molar-refractivity contribution is 0.831. The number of anilines is 1. The fourth-order valence-electron chi connectivity index (χ4n) is 1.50. The zero-order chi connectivity index (χ0) is 15.8. The van der Waals surface area contributed by atoms with Gasteiger partial charge in [-0.05, 0) is 44.2 Å². The van der Waals surface area contributed by atoms with Gasteiger partial charge in [0.25, 0.3) is 0 Å². The van der Waals surface area contributed by atoms with Crippen LogP contribution in [0.5, 0.6) is 0 Å². The first-order valence-corrected chi connectivity index (χ1v) is 8.15. The van der Waals surface area contributed by atoms with Crippen LogP contribution in [-0.4, -0.2) is 23.7 Å². The first-order chi connectivity index (χ1) is 9.92. The smallest absolute Gasteiger partial charge is 0.218 e. The molecule has 0 aliphatic heterocycles. The van der Waals surface area contributed by atoms with Crippen molar-refractivity contribution in [3.8, 4) is 0 Å². The molecular formula is C14H23Cl2N5S. The van der Waals surface area contributed by atoms with Gasteiger partial charge in [0.05, 0.1) is 5.02 Å². The molecule has 0 radical (unpaired) electrons. The molecule has 1 aromatic carbocycles. The Hall–Kier alpha value is -1.11. The summed E-state index contributed by atoms with van der Waals surface area (Å²) < 4.78 is 0. The van der Waals surface area contributed by atoms with E-state index in [0.29, 0.717) is 5.02 Å². The lowest BCUT2D eigenvalue weighted by Gasteiger charge is -2.08. The lowest BCUT2D eigenvalue weighted by Crippen LogP contribution is -2.26. The number of halogens is 2. The molecule has 5 N–H and O–H groups in total. The molecule has 0 aliphatic rings. The third-order valence-corrected chi connectivity index (χ3v) is 4.00. The number of hydrogen-bond donors (Lipinski definition) is 3. The first kappa shape index (κ1) is 20.9.